The van der Waals surface area contributed by atoms with Gasteiger partial charge in [-0.1, -0.05) is 6.92 Å². The minimum absolute atomic E-state index is 0.288. The first-order chi connectivity index (χ1) is 12.6. The Labute approximate surface area is 153 Å². The highest BCUT2D eigenvalue weighted by Crippen LogP contribution is 2.25. The zero-order chi connectivity index (χ0) is 18.8. The van der Waals surface area contributed by atoms with Crippen molar-refractivity contribution in [3.8, 4) is 17.2 Å². The quantitative estimate of drug-likeness (QED) is 0.682. The lowest BCUT2D eigenvalue weighted by atomic mass is 10.3. The van der Waals surface area contributed by atoms with E-state index in [4.69, 9.17) is 14.2 Å². The third-order valence-corrected chi connectivity index (χ3v) is 3.33. The predicted octanol–water partition coefficient (Wildman–Crippen LogP) is 4.16. The fourth-order valence-corrected chi connectivity index (χ4v) is 2.13. The van der Waals surface area contributed by atoms with Gasteiger partial charge in [0.25, 0.3) is 5.91 Å². The molecule has 6 nitrogen and oxygen atoms in total. The van der Waals surface area contributed by atoms with Crippen molar-refractivity contribution in [3.05, 3.63) is 48.5 Å². The lowest BCUT2D eigenvalue weighted by Gasteiger charge is -2.09. The molecule has 0 aliphatic rings. The van der Waals surface area contributed by atoms with Crippen LogP contribution in [0.15, 0.2) is 48.5 Å². The smallest absolute Gasteiger partial charge is 0.306 e. The monoisotopic (exact) mass is 357 g/mol. The highest BCUT2D eigenvalue weighted by molar-refractivity contribution is 5.92. The van der Waals surface area contributed by atoms with Crippen LogP contribution in [-0.4, -0.2) is 25.1 Å². The molecule has 0 atom stereocenters. The molecule has 26 heavy (non-hydrogen) atoms. The minimum atomic E-state index is -0.380. The van der Waals surface area contributed by atoms with Crippen LogP contribution in [0.25, 0.3) is 0 Å². The van der Waals surface area contributed by atoms with Crippen LogP contribution in [0.5, 0.6) is 17.2 Å². The van der Waals surface area contributed by atoms with Gasteiger partial charge in [0, 0.05) is 12.1 Å². The molecule has 2 aromatic rings. The average molecular weight is 357 g/mol. The molecule has 0 saturated heterocycles. The molecule has 0 heterocycles. The number of anilines is 1. The maximum absolute atomic E-state index is 11.8. The van der Waals surface area contributed by atoms with Crippen LogP contribution in [0, 0.1) is 0 Å². The van der Waals surface area contributed by atoms with E-state index in [2.05, 4.69) is 5.32 Å². The van der Waals surface area contributed by atoms with Gasteiger partial charge < -0.3 is 19.5 Å². The molecule has 2 aromatic carbocycles. The van der Waals surface area contributed by atoms with Gasteiger partial charge in [-0.15, -0.1) is 0 Å². The van der Waals surface area contributed by atoms with Crippen LogP contribution in [0.1, 0.15) is 26.7 Å². The van der Waals surface area contributed by atoms with E-state index in [1.165, 1.54) is 0 Å². The second-order valence-electron chi connectivity index (χ2n) is 5.49. The molecular formula is C20H23NO5. The molecule has 1 N–H and O–H groups in total. The van der Waals surface area contributed by atoms with Gasteiger partial charge in [-0.25, -0.2) is 0 Å². The van der Waals surface area contributed by atoms with Crippen molar-refractivity contribution in [1.29, 1.82) is 0 Å². The molecule has 0 aliphatic heterocycles. The van der Waals surface area contributed by atoms with Crippen molar-refractivity contribution in [2.45, 2.75) is 26.7 Å². The number of nitrogens with one attached hydrogen (secondary N) is 1. The largest absolute Gasteiger partial charge is 0.494 e. The van der Waals surface area contributed by atoms with Crippen molar-refractivity contribution >= 4 is 17.6 Å². The second-order valence-corrected chi connectivity index (χ2v) is 5.49. The van der Waals surface area contributed by atoms with Crippen LogP contribution in [0.3, 0.4) is 0 Å². The number of amides is 1. The lowest BCUT2D eigenvalue weighted by molar-refractivity contribution is -0.147. The molecule has 0 fully saturated rings. The molecule has 0 spiro atoms. The van der Waals surface area contributed by atoms with Crippen molar-refractivity contribution in [3.63, 3.8) is 0 Å². The molecule has 138 valence electrons. The van der Waals surface area contributed by atoms with E-state index in [0.717, 1.165) is 5.75 Å². The van der Waals surface area contributed by atoms with E-state index in [0.29, 0.717) is 36.6 Å². The Morgan fingerprint density at radius 1 is 0.885 bits per heavy atom. The zero-order valence-electron chi connectivity index (χ0n) is 15.0. The summed E-state index contributed by atoms with van der Waals surface area (Å²) in [5.41, 5.74) is 0.598. The minimum Gasteiger partial charge on any atom is -0.494 e. The van der Waals surface area contributed by atoms with Gasteiger partial charge in [0.2, 0.25) is 0 Å². The number of benzene rings is 2. The van der Waals surface area contributed by atoms with E-state index >= 15 is 0 Å². The summed E-state index contributed by atoms with van der Waals surface area (Å²) in [5, 5.41) is 2.66. The average Bonchev–Trinajstić information content (AvgIpc) is 2.64. The fourth-order valence-electron chi connectivity index (χ4n) is 2.13. The van der Waals surface area contributed by atoms with Crippen molar-refractivity contribution in [2.24, 2.45) is 0 Å². The maximum atomic E-state index is 11.8. The molecule has 0 bridgehead atoms. The van der Waals surface area contributed by atoms with E-state index in [1.807, 2.05) is 38.1 Å². The van der Waals surface area contributed by atoms with E-state index in [-0.39, 0.29) is 18.5 Å². The first-order valence-electron chi connectivity index (χ1n) is 8.57. The highest BCUT2D eigenvalue weighted by atomic mass is 16.5. The summed E-state index contributed by atoms with van der Waals surface area (Å²) in [6.45, 7) is 4.13. The van der Waals surface area contributed by atoms with Crippen LogP contribution in [-0.2, 0) is 14.3 Å². The van der Waals surface area contributed by atoms with Crippen LogP contribution in [0.2, 0.25) is 0 Å². The fraction of sp³-hybridized carbons (Fsp3) is 0.300. The SMILES string of the molecule is CCCC(=O)OCC(=O)Nc1ccc(Oc2ccc(OCC)cc2)cc1. The molecule has 0 aromatic heterocycles. The van der Waals surface area contributed by atoms with Gasteiger partial charge >= 0.3 is 5.97 Å². The molecule has 0 unspecified atom stereocenters. The number of rotatable bonds is 9. The zero-order valence-corrected chi connectivity index (χ0v) is 15.0. The van der Waals surface area contributed by atoms with Gasteiger partial charge in [0.05, 0.1) is 6.61 Å². The molecule has 6 heteroatoms. The summed E-state index contributed by atoms with van der Waals surface area (Å²) in [4.78, 5) is 23.0. The molecular weight excluding hydrogens is 334 g/mol. The lowest BCUT2D eigenvalue weighted by Crippen LogP contribution is -2.20. The van der Waals surface area contributed by atoms with E-state index in [1.54, 1.807) is 24.3 Å². The number of carbonyl (C=O) groups excluding carboxylic acids is 2. The first kappa shape index (κ1) is 19.3. The Morgan fingerprint density at radius 2 is 1.46 bits per heavy atom. The maximum Gasteiger partial charge on any atom is 0.306 e. The number of carbonyl (C=O) groups is 2. The second kappa shape index (κ2) is 10.1. The van der Waals surface area contributed by atoms with Gasteiger partial charge in [0.15, 0.2) is 6.61 Å². The Kier molecular flexibility index (Phi) is 7.49. The van der Waals surface area contributed by atoms with Gasteiger partial charge in [-0.2, -0.15) is 0 Å². The number of hydrogen-bond donors (Lipinski definition) is 1. The van der Waals surface area contributed by atoms with Crippen molar-refractivity contribution in [2.75, 3.05) is 18.5 Å². The Hall–Kier alpha value is -3.02. The van der Waals surface area contributed by atoms with Crippen molar-refractivity contribution < 1.29 is 23.8 Å². The summed E-state index contributed by atoms with van der Waals surface area (Å²) in [6.07, 6.45) is 1.00. The van der Waals surface area contributed by atoms with Crippen LogP contribution in [0.4, 0.5) is 5.69 Å². The molecule has 0 saturated carbocycles. The number of ether oxygens (including phenoxy) is 3. The van der Waals surface area contributed by atoms with E-state index in [9.17, 15) is 9.59 Å². The van der Waals surface area contributed by atoms with Crippen molar-refractivity contribution in [1.82, 2.24) is 0 Å². The van der Waals surface area contributed by atoms with Crippen LogP contribution < -0.4 is 14.8 Å². The molecule has 1 amide bonds. The highest BCUT2D eigenvalue weighted by Gasteiger charge is 2.07. The van der Waals surface area contributed by atoms with Gasteiger partial charge in [-0.3, -0.25) is 9.59 Å². The summed E-state index contributed by atoms with van der Waals surface area (Å²) in [7, 11) is 0. The summed E-state index contributed by atoms with van der Waals surface area (Å²) >= 11 is 0. The summed E-state index contributed by atoms with van der Waals surface area (Å²) < 4.78 is 16.0. The van der Waals surface area contributed by atoms with Gasteiger partial charge in [0.1, 0.15) is 17.2 Å². The molecule has 0 radical (unpaired) electrons. The van der Waals surface area contributed by atoms with Gasteiger partial charge in [-0.05, 0) is 61.9 Å². The topological polar surface area (TPSA) is 73.9 Å². The molecule has 2 rings (SSSR count). The Morgan fingerprint density at radius 3 is 2.04 bits per heavy atom. The molecule has 0 aliphatic carbocycles. The third-order valence-electron chi connectivity index (χ3n) is 3.33. The first-order valence-corrected chi connectivity index (χ1v) is 8.57. The third kappa shape index (κ3) is 6.47. The van der Waals surface area contributed by atoms with Crippen LogP contribution >= 0.6 is 0 Å². The van der Waals surface area contributed by atoms with E-state index < -0.39 is 0 Å². The summed E-state index contributed by atoms with van der Waals surface area (Å²) in [5.74, 6) is 1.36. The standard InChI is InChI=1S/C20H23NO5/c1-3-5-20(23)25-14-19(22)21-15-6-8-17(9-7-15)26-18-12-10-16(11-13-18)24-4-2/h6-13H,3-5,14H2,1-2H3,(H,21,22). The Bertz CT molecular complexity index is 710. The number of hydrogen-bond acceptors (Lipinski definition) is 5. The normalized spacial score (nSPS) is 10.1. The predicted molar refractivity (Wildman–Crippen MR) is 98.6 cm³/mol. The Balaban J connectivity index is 1.83. The number of esters is 1. The summed E-state index contributed by atoms with van der Waals surface area (Å²) in [6, 6.07) is 14.3.